The molecule has 0 bridgehead atoms. The fourth-order valence-electron chi connectivity index (χ4n) is 0.603. The Bertz CT molecular complexity index is 248. The van der Waals surface area contributed by atoms with Gasteiger partial charge in [0.1, 0.15) is 4.88 Å². The molecule has 0 aromatic carbocycles. The average molecular weight is 285 g/mol. The second kappa shape index (κ2) is 4.68. The molecule has 11 heavy (non-hydrogen) atoms. The lowest BCUT2D eigenvalue weighted by molar-refractivity contribution is 0.0702. The van der Waals surface area contributed by atoms with Gasteiger partial charge in [-0.2, -0.15) is 0 Å². The van der Waals surface area contributed by atoms with Crippen LogP contribution in [0, 0.1) is 0 Å². The van der Waals surface area contributed by atoms with Crippen LogP contribution in [-0.4, -0.2) is 11.1 Å². The molecule has 1 rings (SSSR count). The predicted octanol–water partition coefficient (Wildman–Crippen LogP) is 1.52. The van der Waals surface area contributed by atoms with E-state index in [2.05, 4.69) is 0 Å². The summed E-state index contributed by atoms with van der Waals surface area (Å²) in [7, 11) is 0. The number of carboxylic acids is 1. The molecular weight excluding hydrogens is 277 g/mol. The minimum Gasteiger partial charge on any atom is -0.477 e. The molecule has 3 nitrogen and oxygen atoms in total. The Morgan fingerprint density at radius 1 is 1.64 bits per heavy atom. The van der Waals surface area contributed by atoms with Crippen molar-refractivity contribution in [1.82, 2.24) is 0 Å². The SMILES string of the molecule is I.NCc1ccc(C(=O)O)s1. The molecule has 0 aliphatic heterocycles. The van der Waals surface area contributed by atoms with E-state index in [9.17, 15) is 4.79 Å². The number of carboxylic acid groups (broad SMARTS) is 1. The van der Waals surface area contributed by atoms with Crippen molar-refractivity contribution in [2.75, 3.05) is 0 Å². The molecule has 0 aliphatic rings. The van der Waals surface area contributed by atoms with E-state index in [0.29, 0.717) is 11.4 Å². The van der Waals surface area contributed by atoms with E-state index in [1.165, 1.54) is 11.3 Å². The molecule has 0 amide bonds. The van der Waals surface area contributed by atoms with Gasteiger partial charge in [-0.1, -0.05) is 0 Å². The van der Waals surface area contributed by atoms with E-state index in [0.717, 1.165) is 4.88 Å². The molecule has 5 heteroatoms. The molecule has 0 aliphatic carbocycles. The van der Waals surface area contributed by atoms with Gasteiger partial charge in [0, 0.05) is 11.4 Å². The number of nitrogens with two attached hydrogens (primary N) is 1. The Morgan fingerprint density at radius 3 is 2.55 bits per heavy atom. The highest BCUT2D eigenvalue weighted by molar-refractivity contribution is 14.0. The number of hydrogen-bond donors (Lipinski definition) is 2. The number of hydrogen-bond acceptors (Lipinski definition) is 3. The molecule has 0 unspecified atom stereocenters. The molecule has 0 atom stereocenters. The molecule has 1 aromatic heterocycles. The Balaban J connectivity index is 0.000001000. The van der Waals surface area contributed by atoms with Crippen LogP contribution in [0.2, 0.25) is 0 Å². The number of thiophene rings is 1. The van der Waals surface area contributed by atoms with Crippen LogP contribution in [0.5, 0.6) is 0 Å². The lowest BCUT2D eigenvalue weighted by atomic mass is 10.4. The van der Waals surface area contributed by atoms with Gasteiger partial charge in [-0.3, -0.25) is 0 Å². The maximum Gasteiger partial charge on any atom is 0.345 e. The molecule has 0 saturated carbocycles. The monoisotopic (exact) mass is 285 g/mol. The quantitative estimate of drug-likeness (QED) is 0.810. The van der Waals surface area contributed by atoms with E-state index in [-0.39, 0.29) is 24.0 Å². The zero-order valence-corrected chi connectivity index (χ0v) is 8.76. The first-order valence-electron chi connectivity index (χ1n) is 2.76. The van der Waals surface area contributed by atoms with Crippen LogP contribution in [-0.2, 0) is 6.54 Å². The summed E-state index contributed by atoms with van der Waals surface area (Å²) in [6, 6.07) is 3.29. The van der Waals surface area contributed by atoms with Crippen LogP contribution >= 0.6 is 35.3 Å². The minimum absolute atomic E-state index is 0. The summed E-state index contributed by atoms with van der Waals surface area (Å²) in [6.07, 6.45) is 0. The topological polar surface area (TPSA) is 63.3 Å². The maximum absolute atomic E-state index is 10.3. The van der Waals surface area contributed by atoms with Gasteiger partial charge >= 0.3 is 5.97 Å². The number of aromatic carboxylic acids is 1. The van der Waals surface area contributed by atoms with Crippen LogP contribution in [0.15, 0.2) is 12.1 Å². The van der Waals surface area contributed by atoms with Gasteiger partial charge in [0.15, 0.2) is 0 Å². The van der Waals surface area contributed by atoms with Crippen LogP contribution in [0.25, 0.3) is 0 Å². The summed E-state index contributed by atoms with van der Waals surface area (Å²) in [5.41, 5.74) is 5.28. The minimum atomic E-state index is -0.885. The zero-order chi connectivity index (χ0) is 7.56. The van der Waals surface area contributed by atoms with E-state index in [4.69, 9.17) is 10.8 Å². The smallest absolute Gasteiger partial charge is 0.345 e. The average Bonchev–Trinajstić information content (AvgIpc) is 2.34. The third-order valence-corrected chi connectivity index (χ3v) is 2.17. The first kappa shape index (κ1) is 10.9. The molecule has 0 radical (unpaired) electrons. The van der Waals surface area contributed by atoms with Crippen molar-refractivity contribution in [3.8, 4) is 0 Å². The number of rotatable bonds is 2. The van der Waals surface area contributed by atoms with Crippen LogP contribution in [0.4, 0.5) is 0 Å². The van der Waals surface area contributed by atoms with Crippen molar-refractivity contribution >= 4 is 41.3 Å². The largest absolute Gasteiger partial charge is 0.477 e. The highest BCUT2D eigenvalue weighted by Gasteiger charge is 2.04. The fourth-order valence-corrected chi connectivity index (χ4v) is 1.33. The molecule has 3 N–H and O–H groups in total. The summed E-state index contributed by atoms with van der Waals surface area (Å²) in [6.45, 7) is 0.415. The van der Waals surface area contributed by atoms with Gasteiger partial charge in [-0.15, -0.1) is 35.3 Å². The van der Waals surface area contributed by atoms with Crippen molar-refractivity contribution in [2.45, 2.75) is 6.54 Å². The fraction of sp³-hybridized carbons (Fsp3) is 0.167. The van der Waals surface area contributed by atoms with Crippen LogP contribution in [0.3, 0.4) is 0 Å². The Labute approximate surface area is 85.2 Å². The summed E-state index contributed by atoms with van der Waals surface area (Å²) in [5.74, 6) is -0.885. The van der Waals surface area contributed by atoms with E-state index in [1.54, 1.807) is 12.1 Å². The highest BCUT2D eigenvalue weighted by Crippen LogP contribution is 2.14. The lowest BCUT2D eigenvalue weighted by Gasteiger charge is -1.83. The van der Waals surface area contributed by atoms with E-state index in [1.807, 2.05) is 0 Å². The maximum atomic E-state index is 10.3. The van der Waals surface area contributed by atoms with E-state index >= 15 is 0 Å². The summed E-state index contributed by atoms with van der Waals surface area (Å²) in [4.78, 5) is 11.5. The highest BCUT2D eigenvalue weighted by atomic mass is 127. The Hall–Kier alpha value is -0.140. The second-order valence-electron chi connectivity index (χ2n) is 1.78. The Morgan fingerprint density at radius 2 is 2.27 bits per heavy atom. The Kier molecular flexibility index (Phi) is 4.62. The van der Waals surface area contributed by atoms with Crippen molar-refractivity contribution in [2.24, 2.45) is 5.73 Å². The molecule has 1 aromatic rings. The summed E-state index contributed by atoms with van der Waals surface area (Å²) in [5, 5.41) is 8.46. The first-order valence-corrected chi connectivity index (χ1v) is 3.57. The summed E-state index contributed by atoms with van der Waals surface area (Å²) >= 11 is 1.22. The number of carbonyl (C=O) groups is 1. The van der Waals surface area contributed by atoms with Gasteiger partial charge in [0.05, 0.1) is 0 Å². The van der Waals surface area contributed by atoms with Gasteiger partial charge in [0.25, 0.3) is 0 Å². The molecule has 0 spiro atoms. The predicted molar refractivity (Wildman–Crippen MR) is 54.6 cm³/mol. The zero-order valence-electron chi connectivity index (χ0n) is 5.61. The van der Waals surface area contributed by atoms with Gasteiger partial charge in [-0.25, -0.2) is 4.79 Å². The third-order valence-electron chi connectivity index (χ3n) is 1.07. The molecule has 0 saturated heterocycles. The third kappa shape index (κ3) is 2.76. The van der Waals surface area contributed by atoms with Gasteiger partial charge in [0.2, 0.25) is 0 Å². The normalized spacial score (nSPS) is 8.82. The van der Waals surface area contributed by atoms with Gasteiger partial charge in [-0.05, 0) is 12.1 Å². The van der Waals surface area contributed by atoms with Crippen LogP contribution in [0.1, 0.15) is 14.5 Å². The molecular formula is C6H8INO2S. The second-order valence-corrected chi connectivity index (χ2v) is 2.94. The summed E-state index contributed by atoms with van der Waals surface area (Å²) < 4.78 is 0. The van der Waals surface area contributed by atoms with Crippen molar-refractivity contribution in [3.63, 3.8) is 0 Å². The standard InChI is InChI=1S/C6H7NO2S.HI/c7-3-4-1-2-5(10-4)6(8)9;/h1-2H,3,7H2,(H,8,9);1H. The van der Waals surface area contributed by atoms with Crippen molar-refractivity contribution < 1.29 is 9.90 Å². The molecule has 0 fully saturated rings. The van der Waals surface area contributed by atoms with Crippen molar-refractivity contribution in [3.05, 3.63) is 21.9 Å². The van der Waals surface area contributed by atoms with Crippen LogP contribution < -0.4 is 5.73 Å². The van der Waals surface area contributed by atoms with Crippen molar-refractivity contribution in [1.29, 1.82) is 0 Å². The molecule has 62 valence electrons. The molecule has 1 heterocycles. The lowest BCUT2D eigenvalue weighted by Crippen LogP contribution is -1.92. The van der Waals surface area contributed by atoms with E-state index < -0.39 is 5.97 Å². The first-order chi connectivity index (χ1) is 4.74. The van der Waals surface area contributed by atoms with Gasteiger partial charge < -0.3 is 10.8 Å². The number of halogens is 1.